The third kappa shape index (κ3) is 4.06. The van der Waals surface area contributed by atoms with Crippen molar-refractivity contribution >= 4 is 17.6 Å². The molecule has 1 aliphatic rings. The molecule has 0 spiro atoms. The van der Waals surface area contributed by atoms with Crippen molar-refractivity contribution in [2.24, 2.45) is 0 Å². The van der Waals surface area contributed by atoms with Crippen LogP contribution in [0.4, 0.5) is 5.69 Å². The summed E-state index contributed by atoms with van der Waals surface area (Å²) in [4.78, 5) is 29.9. The van der Waals surface area contributed by atoms with E-state index in [2.05, 4.69) is 4.98 Å². The predicted octanol–water partition coefficient (Wildman–Crippen LogP) is 2.27. The molecule has 1 aromatic heterocycles. The van der Waals surface area contributed by atoms with Crippen LogP contribution in [-0.2, 0) is 23.8 Å². The van der Waals surface area contributed by atoms with Gasteiger partial charge in [0.1, 0.15) is 23.9 Å². The summed E-state index contributed by atoms with van der Waals surface area (Å²) in [6, 6.07) is 10.6. The summed E-state index contributed by atoms with van der Waals surface area (Å²) < 4.78 is 20.8. The molecule has 1 aliphatic heterocycles. The van der Waals surface area contributed by atoms with Crippen molar-refractivity contribution in [2.45, 2.75) is 0 Å². The van der Waals surface area contributed by atoms with Gasteiger partial charge in [0, 0.05) is 18.0 Å². The molecule has 2 aromatic rings. The Morgan fingerprint density at radius 3 is 2.56 bits per heavy atom. The maximum Gasteiger partial charge on any atom is 0.355 e. The van der Waals surface area contributed by atoms with E-state index < -0.39 is 11.9 Å². The van der Waals surface area contributed by atoms with E-state index in [1.54, 1.807) is 48.8 Å². The SMILES string of the molecule is COC(=O)C1=C(C(=O)OC)N(c2cccc(Oc3cccnc3)c2)COC1. The van der Waals surface area contributed by atoms with Crippen LogP contribution in [0.5, 0.6) is 11.5 Å². The highest BCUT2D eigenvalue weighted by Crippen LogP contribution is 2.30. The van der Waals surface area contributed by atoms with Crippen LogP contribution in [0.1, 0.15) is 0 Å². The van der Waals surface area contributed by atoms with E-state index in [0.717, 1.165) is 0 Å². The number of methoxy groups -OCH3 is 2. The lowest BCUT2D eigenvalue weighted by Gasteiger charge is -2.31. The lowest BCUT2D eigenvalue weighted by Crippen LogP contribution is -2.38. The highest BCUT2D eigenvalue weighted by atomic mass is 16.5. The first-order valence-electron chi connectivity index (χ1n) is 8.07. The van der Waals surface area contributed by atoms with Crippen LogP contribution in [0.25, 0.3) is 0 Å². The quantitative estimate of drug-likeness (QED) is 0.741. The Labute approximate surface area is 155 Å². The van der Waals surface area contributed by atoms with Crippen LogP contribution in [0.15, 0.2) is 60.1 Å². The fourth-order valence-corrected chi connectivity index (χ4v) is 2.61. The topological polar surface area (TPSA) is 87.2 Å². The molecule has 27 heavy (non-hydrogen) atoms. The number of ether oxygens (including phenoxy) is 4. The number of carbonyl (C=O) groups is 2. The molecule has 3 rings (SSSR count). The number of rotatable bonds is 5. The Morgan fingerprint density at radius 2 is 1.85 bits per heavy atom. The molecule has 0 N–H and O–H groups in total. The molecule has 0 saturated carbocycles. The average molecular weight is 370 g/mol. The monoisotopic (exact) mass is 370 g/mol. The van der Waals surface area contributed by atoms with E-state index in [4.69, 9.17) is 18.9 Å². The zero-order valence-electron chi connectivity index (χ0n) is 14.9. The number of aromatic nitrogens is 1. The highest BCUT2D eigenvalue weighted by Gasteiger charge is 2.32. The molecule has 2 heterocycles. The lowest BCUT2D eigenvalue weighted by molar-refractivity contribution is -0.140. The number of carbonyl (C=O) groups excluding carboxylic acids is 2. The van der Waals surface area contributed by atoms with Crippen LogP contribution in [0.2, 0.25) is 0 Å². The molecule has 0 unspecified atom stereocenters. The fraction of sp³-hybridized carbons (Fsp3) is 0.211. The highest BCUT2D eigenvalue weighted by molar-refractivity contribution is 6.03. The van der Waals surface area contributed by atoms with E-state index in [-0.39, 0.29) is 24.6 Å². The Balaban J connectivity index is 1.97. The van der Waals surface area contributed by atoms with E-state index in [9.17, 15) is 9.59 Å². The Morgan fingerprint density at radius 1 is 1.07 bits per heavy atom. The van der Waals surface area contributed by atoms with Crippen LogP contribution in [0.3, 0.4) is 0 Å². The first-order chi connectivity index (χ1) is 13.1. The van der Waals surface area contributed by atoms with Gasteiger partial charge in [0.25, 0.3) is 0 Å². The second kappa shape index (κ2) is 8.33. The van der Waals surface area contributed by atoms with Crippen LogP contribution >= 0.6 is 0 Å². The summed E-state index contributed by atoms with van der Waals surface area (Å²) in [5, 5.41) is 0. The third-order valence-electron chi connectivity index (χ3n) is 3.83. The smallest absolute Gasteiger partial charge is 0.355 e. The Kier molecular flexibility index (Phi) is 5.68. The molecule has 8 nitrogen and oxygen atoms in total. The second-order valence-corrected chi connectivity index (χ2v) is 5.50. The lowest BCUT2D eigenvalue weighted by atomic mass is 10.1. The van der Waals surface area contributed by atoms with Gasteiger partial charge >= 0.3 is 11.9 Å². The van der Waals surface area contributed by atoms with Crippen molar-refractivity contribution in [3.05, 3.63) is 60.1 Å². The minimum Gasteiger partial charge on any atom is -0.466 e. The average Bonchev–Trinajstić information content (AvgIpc) is 2.73. The van der Waals surface area contributed by atoms with E-state index in [0.29, 0.717) is 17.2 Å². The maximum absolute atomic E-state index is 12.3. The normalized spacial score (nSPS) is 13.9. The summed E-state index contributed by atoms with van der Waals surface area (Å²) in [5.41, 5.74) is 0.765. The zero-order chi connectivity index (χ0) is 19.2. The van der Waals surface area contributed by atoms with Gasteiger partial charge in [-0.1, -0.05) is 6.07 Å². The van der Waals surface area contributed by atoms with Gasteiger partial charge in [-0.3, -0.25) is 4.98 Å². The second-order valence-electron chi connectivity index (χ2n) is 5.50. The van der Waals surface area contributed by atoms with Crippen molar-refractivity contribution in [1.82, 2.24) is 4.98 Å². The summed E-state index contributed by atoms with van der Waals surface area (Å²) in [6.07, 6.45) is 3.24. The van der Waals surface area contributed by atoms with Crippen molar-refractivity contribution in [3.8, 4) is 11.5 Å². The Hall–Kier alpha value is -3.39. The summed E-state index contributed by atoms with van der Waals surface area (Å²) in [7, 11) is 2.49. The summed E-state index contributed by atoms with van der Waals surface area (Å²) in [6.45, 7) is 0.0285. The molecule has 140 valence electrons. The first-order valence-corrected chi connectivity index (χ1v) is 8.07. The summed E-state index contributed by atoms with van der Waals surface area (Å²) in [5.74, 6) is -0.196. The number of hydrogen-bond donors (Lipinski definition) is 0. The molecule has 0 bridgehead atoms. The molecule has 0 fully saturated rings. The van der Waals surface area contributed by atoms with Gasteiger partial charge in [-0.05, 0) is 24.3 Å². The first kappa shape index (κ1) is 18.4. The predicted molar refractivity (Wildman–Crippen MR) is 95.1 cm³/mol. The number of pyridine rings is 1. The molecular weight excluding hydrogens is 352 g/mol. The number of hydrogen-bond acceptors (Lipinski definition) is 8. The minimum atomic E-state index is -0.655. The fourth-order valence-electron chi connectivity index (χ4n) is 2.61. The van der Waals surface area contributed by atoms with Gasteiger partial charge in [0.05, 0.1) is 32.6 Å². The van der Waals surface area contributed by atoms with Crippen molar-refractivity contribution in [3.63, 3.8) is 0 Å². The standard InChI is InChI=1S/C19H18N2O6/c1-24-18(22)16-11-26-12-21(17(16)19(23)25-2)13-5-3-6-14(9-13)27-15-7-4-8-20-10-15/h3-10H,11-12H2,1-2H3. The van der Waals surface area contributed by atoms with Crippen molar-refractivity contribution in [2.75, 3.05) is 32.5 Å². The van der Waals surface area contributed by atoms with Crippen molar-refractivity contribution < 1.29 is 28.5 Å². The minimum absolute atomic E-state index is 0.0422. The van der Waals surface area contributed by atoms with Crippen molar-refractivity contribution in [1.29, 1.82) is 0 Å². The molecular formula is C19H18N2O6. The molecule has 8 heteroatoms. The molecule has 1 aromatic carbocycles. The van der Waals surface area contributed by atoms with Crippen LogP contribution in [0, 0.1) is 0 Å². The van der Waals surface area contributed by atoms with Crippen LogP contribution < -0.4 is 9.64 Å². The van der Waals surface area contributed by atoms with Gasteiger partial charge in [-0.25, -0.2) is 9.59 Å². The third-order valence-corrected chi connectivity index (χ3v) is 3.83. The Bertz CT molecular complexity index is 866. The number of anilines is 1. The van der Waals surface area contributed by atoms with Gasteiger partial charge in [-0.2, -0.15) is 0 Å². The van der Waals surface area contributed by atoms with Crippen LogP contribution in [-0.4, -0.2) is 44.5 Å². The van der Waals surface area contributed by atoms with Gasteiger partial charge in [0.15, 0.2) is 0 Å². The largest absolute Gasteiger partial charge is 0.466 e. The molecule has 0 saturated heterocycles. The van der Waals surface area contributed by atoms with Gasteiger partial charge < -0.3 is 23.8 Å². The number of esters is 2. The zero-order valence-corrected chi connectivity index (χ0v) is 14.9. The van der Waals surface area contributed by atoms with E-state index >= 15 is 0 Å². The maximum atomic E-state index is 12.3. The van der Waals surface area contributed by atoms with Gasteiger partial charge in [-0.15, -0.1) is 0 Å². The number of benzene rings is 1. The number of nitrogens with zero attached hydrogens (tertiary/aromatic N) is 2. The molecule has 0 atom stereocenters. The molecule has 0 amide bonds. The van der Waals surface area contributed by atoms with E-state index in [1.807, 2.05) is 0 Å². The van der Waals surface area contributed by atoms with Gasteiger partial charge in [0.2, 0.25) is 0 Å². The van der Waals surface area contributed by atoms with E-state index in [1.165, 1.54) is 19.1 Å². The summed E-state index contributed by atoms with van der Waals surface area (Å²) >= 11 is 0. The molecule has 0 aliphatic carbocycles. The molecule has 0 radical (unpaired) electrons.